The Bertz CT molecular complexity index is 680. The van der Waals surface area contributed by atoms with Crippen LogP contribution in [0.5, 0.6) is 0 Å². The zero-order valence-electron chi connectivity index (χ0n) is 15.7. The SMILES string of the molecule is COC1(c2ccnc(C#N)c2)C(C)CCCC1CN(C)C12CC(C1)C2. The molecule has 5 rings (SSSR count). The number of aromatic nitrogens is 1. The van der Waals surface area contributed by atoms with E-state index in [4.69, 9.17) is 4.74 Å². The molecule has 1 heterocycles. The van der Waals surface area contributed by atoms with Gasteiger partial charge in [-0.05, 0) is 68.7 Å². The van der Waals surface area contributed by atoms with Crippen LogP contribution < -0.4 is 0 Å². The van der Waals surface area contributed by atoms with Crippen molar-refractivity contribution in [2.24, 2.45) is 17.8 Å². The van der Waals surface area contributed by atoms with Gasteiger partial charge in [0.05, 0.1) is 5.60 Å². The summed E-state index contributed by atoms with van der Waals surface area (Å²) in [6.45, 7) is 3.39. The number of nitriles is 1. The maximum Gasteiger partial charge on any atom is 0.140 e. The van der Waals surface area contributed by atoms with Gasteiger partial charge in [0.1, 0.15) is 11.8 Å². The number of ether oxygens (including phenoxy) is 1. The predicted octanol–water partition coefficient (Wildman–Crippen LogP) is 3.72. The van der Waals surface area contributed by atoms with Gasteiger partial charge >= 0.3 is 0 Å². The van der Waals surface area contributed by atoms with Gasteiger partial charge in [-0.15, -0.1) is 0 Å². The molecular weight excluding hydrogens is 310 g/mol. The van der Waals surface area contributed by atoms with Gasteiger partial charge in [-0.25, -0.2) is 4.98 Å². The van der Waals surface area contributed by atoms with E-state index in [1.54, 1.807) is 6.20 Å². The molecule has 0 saturated heterocycles. The summed E-state index contributed by atoms with van der Waals surface area (Å²) in [7, 11) is 4.16. The van der Waals surface area contributed by atoms with Crippen LogP contribution >= 0.6 is 0 Å². The second kappa shape index (κ2) is 6.07. The monoisotopic (exact) mass is 339 g/mol. The Hall–Kier alpha value is -1.44. The molecule has 4 nitrogen and oxygen atoms in total. The first-order chi connectivity index (χ1) is 12.0. The van der Waals surface area contributed by atoms with E-state index in [9.17, 15) is 5.26 Å². The molecule has 0 aromatic carbocycles. The lowest BCUT2D eigenvalue weighted by Gasteiger charge is -2.67. The van der Waals surface area contributed by atoms with Crippen LogP contribution in [-0.4, -0.2) is 36.1 Å². The van der Waals surface area contributed by atoms with Crippen LogP contribution in [0.25, 0.3) is 0 Å². The van der Waals surface area contributed by atoms with Crippen molar-refractivity contribution in [1.82, 2.24) is 9.88 Å². The summed E-state index contributed by atoms with van der Waals surface area (Å²) >= 11 is 0. The first-order valence-corrected chi connectivity index (χ1v) is 9.67. The number of methoxy groups -OCH3 is 1. The molecule has 25 heavy (non-hydrogen) atoms. The number of pyridine rings is 1. The van der Waals surface area contributed by atoms with Gasteiger partial charge in [-0.3, -0.25) is 0 Å². The Balaban J connectivity index is 1.66. The molecule has 4 fully saturated rings. The molecule has 3 atom stereocenters. The molecule has 4 heteroatoms. The molecule has 4 aliphatic carbocycles. The molecular formula is C21H29N3O. The third-order valence-electron chi connectivity index (χ3n) is 7.50. The van der Waals surface area contributed by atoms with Gasteiger partial charge in [-0.1, -0.05) is 13.3 Å². The summed E-state index contributed by atoms with van der Waals surface area (Å²) in [5.74, 6) is 1.89. The minimum Gasteiger partial charge on any atom is -0.373 e. The zero-order chi connectivity index (χ0) is 17.7. The predicted molar refractivity (Wildman–Crippen MR) is 96.8 cm³/mol. The van der Waals surface area contributed by atoms with E-state index in [0.717, 1.165) is 18.0 Å². The van der Waals surface area contributed by atoms with Crippen molar-refractivity contribution in [3.63, 3.8) is 0 Å². The van der Waals surface area contributed by atoms with E-state index in [2.05, 4.69) is 36.0 Å². The van der Waals surface area contributed by atoms with Crippen molar-refractivity contribution in [2.45, 2.75) is 56.6 Å². The Labute approximate surface area is 151 Å². The van der Waals surface area contributed by atoms with Gasteiger partial charge < -0.3 is 9.64 Å². The standard InChI is InChI=1S/C21H29N3O/c1-15-5-4-6-18(14-24(2)20-10-16(11-20)12-20)21(15,25-3)17-7-8-23-19(9-17)13-22/h7-9,15-16,18H,4-6,10-12,14H2,1-3H3. The van der Waals surface area contributed by atoms with Crippen LogP contribution in [0.1, 0.15) is 56.7 Å². The average Bonchev–Trinajstić information content (AvgIpc) is 2.53. The van der Waals surface area contributed by atoms with Crippen LogP contribution in [-0.2, 0) is 10.3 Å². The highest BCUT2D eigenvalue weighted by Gasteiger charge is 2.59. The molecule has 4 saturated carbocycles. The number of rotatable bonds is 5. The summed E-state index contributed by atoms with van der Waals surface area (Å²) < 4.78 is 6.30. The van der Waals surface area contributed by atoms with Crippen molar-refractivity contribution in [3.8, 4) is 6.07 Å². The van der Waals surface area contributed by atoms with E-state index >= 15 is 0 Å². The lowest BCUT2D eigenvalue weighted by molar-refractivity contribution is -0.171. The number of hydrogen-bond donors (Lipinski definition) is 0. The fourth-order valence-corrected chi connectivity index (χ4v) is 5.89. The summed E-state index contributed by atoms with van der Waals surface area (Å²) in [5, 5.41) is 9.28. The lowest BCUT2D eigenvalue weighted by atomic mass is 9.49. The van der Waals surface area contributed by atoms with Gasteiger partial charge in [0.25, 0.3) is 0 Å². The molecule has 2 bridgehead atoms. The molecule has 0 aliphatic heterocycles. The van der Waals surface area contributed by atoms with Crippen LogP contribution in [0.4, 0.5) is 0 Å². The summed E-state index contributed by atoms with van der Waals surface area (Å²) in [4.78, 5) is 6.79. The highest BCUT2D eigenvalue weighted by molar-refractivity contribution is 5.32. The van der Waals surface area contributed by atoms with E-state index in [1.807, 2.05) is 13.2 Å². The quantitative estimate of drug-likeness (QED) is 0.820. The normalized spacial score (nSPS) is 39.4. The van der Waals surface area contributed by atoms with Crippen LogP contribution in [0.3, 0.4) is 0 Å². The molecule has 1 aromatic heterocycles. The summed E-state index contributed by atoms with van der Waals surface area (Å²) in [6.07, 6.45) is 9.55. The first-order valence-electron chi connectivity index (χ1n) is 9.67. The van der Waals surface area contributed by atoms with Gasteiger partial charge in [0, 0.05) is 31.3 Å². The molecule has 0 radical (unpaired) electrons. The first kappa shape index (κ1) is 17.0. The molecule has 0 amide bonds. The minimum atomic E-state index is -0.315. The minimum absolute atomic E-state index is 0.315. The van der Waals surface area contributed by atoms with Gasteiger partial charge in [-0.2, -0.15) is 5.26 Å². The Kier molecular flexibility index (Phi) is 4.13. The summed E-state index contributed by atoms with van der Waals surface area (Å²) in [5.41, 5.74) is 1.79. The molecule has 3 unspecified atom stereocenters. The molecule has 1 aromatic rings. The highest BCUT2D eigenvalue weighted by atomic mass is 16.5. The second-order valence-corrected chi connectivity index (χ2v) is 8.65. The fraction of sp³-hybridized carbons (Fsp3) is 0.714. The fourth-order valence-electron chi connectivity index (χ4n) is 5.89. The van der Waals surface area contributed by atoms with Crippen molar-refractivity contribution in [3.05, 3.63) is 29.6 Å². The third kappa shape index (κ3) is 2.44. The Morgan fingerprint density at radius 3 is 2.72 bits per heavy atom. The third-order valence-corrected chi connectivity index (χ3v) is 7.50. The lowest BCUT2D eigenvalue weighted by Crippen LogP contribution is -2.68. The maximum atomic E-state index is 9.28. The molecule has 0 N–H and O–H groups in total. The Morgan fingerprint density at radius 1 is 1.36 bits per heavy atom. The van der Waals surface area contributed by atoms with Gasteiger partial charge in [0.15, 0.2) is 0 Å². The highest BCUT2D eigenvalue weighted by Crippen LogP contribution is 2.61. The smallest absolute Gasteiger partial charge is 0.140 e. The largest absolute Gasteiger partial charge is 0.373 e. The molecule has 0 spiro atoms. The van der Waals surface area contributed by atoms with Crippen molar-refractivity contribution >= 4 is 0 Å². The number of hydrogen-bond acceptors (Lipinski definition) is 4. The van der Waals surface area contributed by atoms with Crippen LogP contribution in [0.2, 0.25) is 0 Å². The second-order valence-electron chi connectivity index (χ2n) is 8.65. The van der Waals surface area contributed by atoms with E-state index < -0.39 is 0 Å². The average molecular weight is 339 g/mol. The zero-order valence-corrected chi connectivity index (χ0v) is 15.7. The van der Waals surface area contributed by atoms with E-state index in [-0.39, 0.29) is 5.60 Å². The molecule has 134 valence electrons. The van der Waals surface area contributed by atoms with E-state index in [0.29, 0.717) is 23.1 Å². The topological polar surface area (TPSA) is 49.1 Å². The van der Waals surface area contributed by atoms with Crippen LogP contribution in [0, 0.1) is 29.1 Å². The van der Waals surface area contributed by atoms with Gasteiger partial charge in [0.2, 0.25) is 0 Å². The van der Waals surface area contributed by atoms with Crippen molar-refractivity contribution in [1.29, 1.82) is 5.26 Å². The van der Waals surface area contributed by atoms with Crippen LogP contribution in [0.15, 0.2) is 18.3 Å². The Morgan fingerprint density at radius 2 is 2.12 bits per heavy atom. The van der Waals surface area contributed by atoms with Crippen molar-refractivity contribution < 1.29 is 4.74 Å². The molecule has 4 aliphatic rings. The van der Waals surface area contributed by atoms with E-state index in [1.165, 1.54) is 38.5 Å². The van der Waals surface area contributed by atoms with Crippen molar-refractivity contribution in [2.75, 3.05) is 20.7 Å². The maximum absolute atomic E-state index is 9.28. The number of nitrogens with zero attached hydrogens (tertiary/aromatic N) is 3. The summed E-state index contributed by atoms with van der Waals surface area (Å²) in [6, 6.07) is 6.19.